The summed E-state index contributed by atoms with van der Waals surface area (Å²) in [5, 5.41) is 0.436. The van der Waals surface area contributed by atoms with Crippen LogP contribution in [-0.2, 0) is 6.42 Å². The smallest absolute Gasteiger partial charge is 0.0338 e. The predicted molar refractivity (Wildman–Crippen MR) is 83.0 cm³/mol. The Hall–Kier alpha value is -0.490. The van der Waals surface area contributed by atoms with Crippen LogP contribution in [0.5, 0.6) is 0 Å². The van der Waals surface area contributed by atoms with Crippen LogP contribution in [0.4, 0.5) is 0 Å². The van der Waals surface area contributed by atoms with E-state index in [9.17, 15) is 0 Å². The topological polar surface area (TPSA) is 0 Å². The highest BCUT2D eigenvalue weighted by Crippen LogP contribution is 2.39. The molecule has 0 radical (unpaired) electrons. The Morgan fingerprint density at radius 2 is 1.84 bits per heavy atom. The minimum atomic E-state index is 0.436. The van der Waals surface area contributed by atoms with E-state index in [0.717, 1.165) is 11.8 Å². The summed E-state index contributed by atoms with van der Waals surface area (Å²) in [4.78, 5) is 0. The zero-order chi connectivity index (χ0) is 13.1. The summed E-state index contributed by atoms with van der Waals surface area (Å²) in [6.07, 6.45) is 12.0. The molecule has 2 aliphatic carbocycles. The predicted octanol–water partition coefficient (Wildman–Crippen LogP) is 5.68. The van der Waals surface area contributed by atoms with Gasteiger partial charge < -0.3 is 0 Å². The second-order valence-corrected chi connectivity index (χ2v) is 7.12. The lowest BCUT2D eigenvalue weighted by molar-refractivity contribution is 0.368. The Morgan fingerprint density at radius 1 is 1.00 bits per heavy atom. The largest absolute Gasteiger partial charge is 0.123 e. The van der Waals surface area contributed by atoms with Crippen molar-refractivity contribution in [1.82, 2.24) is 0 Å². The third-order valence-corrected chi connectivity index (χ3v) is 5.48. The van der Waals surface area contributed by atoms with Crippen molar-refractivity contribution in [2.45, 2.75) is 69.1 Å². The molecule has 104 valence electrons. The molecule has 1 heteroatoms. The van der Waals surface area contributed by atoms with E-state index in [1.165, 1.54) is 57.8 Å². The Kier molecular flexibility index (Phi) is 4.48. The van der Waals surface area contributed by atoms with Gasteiger partial charge in [-0.3, -0.25) is 0 Å². The molecule has 3 unspecified atom stereocenters. The first-order chi connectivity index (χ1) is 9.33. The Balaban J connectivity index is 1.70. The molecule has 0 nitrogen and oxygen atoms in total. The van der Waals surface area contributed by atoms with Gasteiger partial charge in [-0.15, -0.1) is 11.6 Å². The molecule has 0 heterocycles. The van der Waals surface area contributed by atoms with Crippen molar-refractivity contribution in [2.24, 2.45) is 5.92 Å². The second-order valence-electron chi connectivity index (χ2n) is 6.51. The van der Waals surface area contributed by atoms with E-state index in [0.29, 0.717) is 5.38 Å². The van der Waals surface area contributed by atoms with Crippen LogP contribution in [0, 0.1) is 5.92 Å². The van der Waals surface area contributed by atoms with E-state index in [1.807, 2.05) is 0 Å². The van der Waals surface area contributed by atoms with Crippen LogP contribution in [0.2, 0.25) is 0 Å². The number of halogens is 1. The van der Waals surface area contributed by atoms with Gasteiger partial charge in [-0.1, -0.05) is 43.5 Å². The normalized spacial score (nSPS) is 31.5. The minimum Gasteiger partial charge on any atom is -0.123 e. The molecule has 19 heavy (non-hydrogen) atoms. The van der Waals surface area contributed by atoms with E-state index >= 15 is 0 Å². The van der Waals surface area contributed by atoms with Crippen molar-refractivity contribution in [3.05, 3.63) is 35.4 Å². The summed E-state index contributed by atoms with van der Waals surface area (Å²) in [6, 6.07) is 9.11. The van der Waals surface area contributed by atoms with Crippen molar-refractivity contribution in [1.29, 1.82) is 0 Å². The van der Waals surface area contributed by atoms with Crippen LogP contribution in [0.25, 0.3) is 0 Å². The highest BCUT2D eigenvalue weighted by molar-refractivity contribution is 6.20. The first-order valence-electron chi connectivity index (χ1n) is 8.05. The molecule has 3 rings (SSSR count). The number of rotatable bonds is 2. The summed E-state index contributed by atoms with van der Waals surface area (Å²) in [6.45, 7) is 0. The summed E-state index contributed by atoms with van der Waals surface area (Å²) in [5.74, 6) is 1.66. The summed E-state index contributed by atoms with van der Waals surface area (Å²) in [5.41, 5.74) is 3.25. The molecule has 1 fully saturated rings. The fourth-order valence-corrected chi connectivity index (χ4v) is 4.52. The summed E-state index contributed by atoms with van der Waals surface area (Å²) in [7, 11) is 0. The second kappa shape index (κ2) is 6.31. The van der Waals surface area contributed by atoms with Crippen LogP contribution in [0.15, 0.2) is 24.3 Å². The lowest BCUT2D eigenvalue weighted by Crippen LogP contribution is -2.15. The van der Waals surface area contributed by atoms with E-state index in [4.69, 9.17) is 11.6 Å². The molecule has 1 saturated carbocycles. The number of alkyl halides is 1. The van der Waals surface area contributed by atoms with Crippen molar-refractivity contribution in [3.8, 4) is 0 Å². The fourth-order valence-electron chi connectivity index (χ4n) is 4.11. The van der Waals surface area contributed by atoms with Crippen LogP contribution < -0.4 is 0 Å². The number of fused-ring (bicyclic) bond motifs is 1. The zero-order valence-electron chi connectivity index (χ0n) is 11.8. The number of hydrogen-bond acceptors (Lipinski definition) is 0. The molecule has 0 amide bonds. The summed E-state index contributed by atoms with van der Waals surface area (Å²) >= 11 is 6.43. The van der Waals surface area contributed by atoms with E-state index in [2.05, 4.69) is 24.3 Å². The van der Waals surface area contributed by atoms with E-state index < -0.39 is 0 Å². The Morgan fingerprint density at radius 3 is 2.79 bits per heavy atom. The number of aryl methyl sites for hydroxylation is 1. The van der Waals surface area contributed by atoms with Crippen molar-refractivity contribution >= 4 is 11.6 Å². The zero-order valence-corrected chi connectivity index (χ0v) is 12.5. The van der Waals surface area contributed by atoms with Crippen molar-refractivity contribution < 1.29 is 0 Å². The molecule has 0 saturated heterocycles. The highest BCUT2D eigenvalue weighted by atomic mass is 35.5. The van der Waals surface area contributed by atoms with Gasteiger partial charge >= 0.3 is 0 Å². The quantitative estimate of drug-likeness (QED) is 0.481. The van der Waals surface area contributed by atoms with Crippen LogP contribution in [0.1, 0.15) is 68.4 Å². The molecule has 1 aromatic carbocycles. The third-order valence-electron chi connectivity index (χ3n) is 5.08. The Labute approximate surface area is 122 Å². The van der Waals surface area contributed by atoms with Gasteiger partial charge in [-0.2, -0.15) is 0 Å². The van der Waals surface area contributed by atoms with Gasteiger partial charge in [0.25, 0.3) is 0 Å². The number of hydrogen-bond donors (Lipinski definition) is 0. The van der Waals surface area contributed by atoms with Gasteiger partial charge in [-0.05, 0) is 61.5 Å². The van der Waals surface area contributed by atoms with Gasteiger partial charge in [0, 0.05) is 5.38 Å². The first-order valence-corrected chi connectivity index (χ1v) is 8.48. The van der Waals surface area contributed by atoms with Gasteiger partial charge in [0.15, 0.2) is 0 Å². The van der Waals surface area contributed by atoms with Gasteiger partial charge in [0.1, 0.15) is 0 Å². The van der Waals surface area contributed by atoms with Gasteiger partial charge in [0.05, 0.1) is 0 Å². The van der Waals surface area contributed by atoms with Crippen LogP contribution in [-0.4, -0.2) is 5.38 Å². The third kappa shape index (κ3) is 3.34. The molecular weight excluding hydrogens is 252 g/mol. The van der Waals surface area contributed by atoms with Crippen LogP contribution >= 0.6 is 11.6 Å². The maximum Gasteiger partial charge on any atom is 0.0338 e. The van der Waals surface area contributed by atoms with Crippen molar-refractivity contribution in [2.75, 3.05) is 0 Å². The monoisotopic (exact) mass is 276 g/mol. The molecule has 0 N–H and O–H groups in total. The molecule has 2 aliphatic rings. The molecule has 0 spiro atoms. The van der Waals surface area contributed by atoms with E-state index in [1.54, 1.807) is 11.1 Å². The van der Waals surface area contributed by atoms with Crippen LogP contribution in [0.3, 0.4) is 0 Å². The number of benzene rings is 1. The molecule has 3 atom stereocenters. The van der Waals surface area contributed by atoms with E-state index in [-0.39, 0.29) is 0 Å². The highest BCUT2D eigenvalue weighted by Gasteiger charge is 2.25. The molecule has 0 bridgehead atoms. The average Bonchev–Trinajstić information content (AvgIpc) is 2.63. The Bertz CT molecular complexity index is 412. The lowest BCUT2D eigenvalue weighted by atomic mass is 9.77. The molecule has 0 aliphatic heterocycles. The minimum absolute atomic E-state index is 0.436. The fraction of sp³-hybridized carbons (Fsp3) is 0.667. The molecule has 1 aromatic rings. The summed E-state index contributed by atoms with van der Waals surface area (Å²) < 4.78 is 0. The maximum absolute atomic E-state index is 6.43. The van der Waals surface area contributed by atoms with Gasteiger partial charge in [0.2, 0.25) is 0 Å². The SMILES string of the molecule is ClC1CCCCC(CC2CCCc3ccccc32)C1. The van der Waals surface area contributed by atoms with Gasteiger partial charge in [-0.25, -0.2) is 0 Å². The van der Waals surface area contributed by atoms with Crippen molar-refractivity contribution in [3.63, 3.8) is 0 Å². The average molecular weight is 277 g/mol. The molecule has 0 aromatic heterocycles. The first kappa shape index (κ1) is 13.5. The lowest BCUT2D eigenvalue weighted by Gasteiger charge is -2.29. The molecular formula is C18H25Cl. The standard InChI is InChI=1S/C18H25Cl/c19-17-10-3-1-6-14(13-17)12-16-9-5-8-15-7-2-4-11-18(15)16/h2,4,7,11,14,16-17H,1,3,5-6,8-10,12-13H2. The maximum atomic E-state index is 6.43.